The van der Waals surface area contributed by atoms with Crippen molar-refractivity contribution in [3.05, 3.63) is 0 Å². The first kappa shape index (κ1) is 16.7. The maximum Gasteiger partial charge on any atom is 0.407 e. The van der Waals surface area contributed by atoms with Gasteiger partial charge in [0.25, 0.3) is 0 Å². The predicted octanol–water partition coefficient (Wildman–Crippen LogP) is 0.327. The Balaban J connectivity index is 2.58. The molecule has 1 aliphatic carbocycles. The van der Waals surface area contributed by atoms with Crippen molar-refractivity contribution >= 4 is 12.1 Å². The molecule has 7 heteroatoms. The summed E-state index contributed by atoms with van der Waals surface area (Å²) >= 11 is 0. The van der Waals surface area contributed by atoms with Crippen LogP contribution in [0.1, 0.15) is 40.5 Å². The highest BCUT2D eigenvalue weighted by molar-refractivity contribution is 5.68. The fourth-order valence-corrected chi connectivity index (χ4v) is 2.12. The summed E-state index contributed by atoms with van der Waals surface area (Å²) in [5, 5.41) is 22.1. The van der Waals surface area contributed by atoms with Crippen LogP contribution in [0, 0.1) is 0 Å². The van der Waals surface area contributed by atoms with Crippen LogP contribution >= 0.6 is 0 Å². The number of carbonyl (C=O) groups is 2. The molecule has 3 N–H and O–H groups in total. The van der Waals surface area contributed by atoms with Gasteiger partial charge in [-0.3, -0.25) is 4.79 Å². The highest BCUT2D eigenvalue weighted by Crippen LogP contribution is 2.23. The van der Waals surface area contributed by atoms with Crippen molar-refractivity contribution in [1.82, 2.24) is 5.32 Å². The summed E-state index contributed by atoms with van der Waals surface area (Å²) in [5.41, 5.74) is -0.619. The molecule has 0 aromatic rings. The van der Waals surface area contributed by atoms with Gasteiger partial charge in [-0.1, -0.05) is 0 Å². The van der Waals surface area contributed by atoms with E-state index in [2.05, 4.69) is 5.32 Å². The molecular formula is C13H23NO6. The SMILES string of the molecule is CC(=O)O[C@@H]1C[C@H](NC(=O)OC(C)(C)C)C[C@@H](O)[C@H]1O. The van der Waals surface area contributed by atoms with Gasteiger partial charge in [0, 0.05) is 19.4 Å². The minimum Gasteiger partial charge on any atom is -0.460 e. The number of alkyl carbamates (subject to hydrolysis) is 1. The Labute approximate surface area is 118 Å². The highest BCUT2D eigenvalue weighted by Gasteiger charge is 2.38. The highest BCUT2D eigenvalue weighted by atomic mass is 16.6. The summed E-state index contributed by atoms with van der Waals surface area (Å²) in [5.74, 6) is -0.542. The number of rotatable bonds is 2. The smallest absolute Gasteiger partial charge is 0.407 e. The van der Waals surface area contributed by atoms with E-state index in [-0.39, 0.29) is 12.8 Å². The van der Waals surface area contributed by atoms with Crippen LogP contribution in [-0.2, 0) is 14.3 Å². The standard InChI is InChI=1S/C13H23NO6/c1-7(15)19-10-6-8(5-9(16)11(10)17)14-12(18)20-13(2,3)4/h8-11,16-17H,5-6H2,1-4H3,(H,14,18)/t8-,9-,10-,11-/m1/s1. The molecule has 0 spiro atoms. The van der Waals surface area contributed by atoms with E-state index in [4.69, 9.17) is 9.47 Å². The van der Waals surface area contributed by atoms with Crippen molar-refractivity contribution in [3.63, 3.8) is 0 Å². The number of ether oxygens (including phenoxy) is 2. The third kappa shape index (κ3) is 5.34. The quantitative estimate of drug-likeness (QED) is 0.633. The molecule has 0 aromatic carbocycles. The molecule has 1 rings (SSSR count). The summed E-state index contributed by atoms with van der Waals surface area (Å²) < 4.78 is 10.1. The largest absolute Gasteiger partial charge is 0.460 e. The fraction of sp³-hybridized carbons (Fsp3) is 0.846. The number of amides is 1. The third-order valence-corrected chi connectivity index (χ3v) is 2.86. The molecule has 116 valence electrons. The average molecular weight is 289 g/mol. The third-order valence-electron chi connectivity index (χ3n) is 2.86. The number of carbonyl (C=O) groups excluding carboxylic acids is 2. The number of nitrogens with one attached hydrogen (secondary N) is 1. The lowest BCUT2D eigenvalue weighted by atomic mass is 9.88. The summed E-state index contributed by atoms with van der Waals surface area (Å²) in [4.78, 5) is 22.6. The minimum absolute atomic E-state index is 0.179. The van der Waals surface area contributed by atoms with Gasteiger partial charge in [-0.25, -0.2) is 4.79 Å². The molecule has 20 heavy (non-hydrogen) atoms. The minimum atomic E-state index is -1.14. The van der Waals surface area contributed by atoms with E-state index >= 15 is 0 Å². The van der Waals surface area contributed by atoms with Crippen molar-refractivity contribution in [2.45, 2.75) is 70.5 Å². The van der Waals surface area contributed by atoms with Crippen LogP contribution in [0.2, 0.25) is 0 Å². The monoisotopic (exact) mass is 289 g/mol. The molecule has 0 aromatic heterocycles. The molecule has 0 saturated heterocycles. The maximum atomic E-state index is 11.7. The molecule has 7 nitrogen and oxygen atoms in total. The Bertz CT molecular complexity index is 364. The van der Waals surface area contributed by atoms with Crippen molar-refractivity contribution in [2.75, 3.05) is 0 Å². The van der Waals surface area contributed by atoms with Crippen LogP contribution < -0.4 is 5.32 Å². The van der Waals surface area contributed by atoms with Crippen LogP contribution in [0.25, 0.3) is 0 Å². The van der Waals surface area contributed by atoms with Crippen molar-refractivity contribution < 1.29 is 29.3 Å². The molecule has 1 aliphatic rings. The van der Waals surface area contributed by atoms with Crippen LogP contribution in [0.15, 0.2) is 0 Å². The van der Waals surface area contributed by atoms with Crippen LogP contribution in [0.5, 0.6) is 0 Å². The Morgan fingerprint density at radius 3 is 2.30 bits per heavy atom. The van der Waals surface area contributed by atoms with E-state index in [0.717, 1.165) is 0 Å². The van der Waals surface area contributed by atoms with Gasteiger partial charge in [-0.05, 0) is 27.2 Å². The summed E-state index contributed by atoms with van der Waals surface area (Å²) in [7, 11) is 0. The second kappa shape index (κ2) is 6.41. The van der Waals surface area contributed by atoms with Gasteiger partial charge >= 0.3 is 12.1 Å². The first-order valence-corrected chi connectivity index (χ1v) is 6.61. The summed E-state index contributed by atoms with van der Waals surface area (Å²) in [6.45, 7) is 6.46. The lowest BCUT2D eigenvalue weighted by molar-refractivity contribution is -0.163. The van der Waals surface area contributed by atoms with Gasteiger partial charge in [0.2, 0.25) is 0 Å². The number of aliphatic hydroxyl groups is 2. The Kier molecular flexibility index (Phi) is 5.35. The van der Waals surface area contributed by atoms with E-state index in [1.807, 2.05) is 0 Å². The molecule has 1 fully saturated rings. The Hall–Kier alpha value is -1.34. The van der Waals surface area contributed by atoms with Gasteiger partial charge in [0.1, 0.15) is 17.8 Å². The average Bonchev–Trinajstić information content (AvgIpc) is 2.21. The van der Waals surface area contributed by atoms with Crippen LogP contribution in [-0.4, -0.2) is 52.2 Å². The second-order valence-electron chi connectivity index (χ2n) is 6.02. The van der Waals surface area contributed by atoms with Crippen molar-refractivity contribution in [2.24, 2.45) is 0 Å². The normalized spacial score (nSPS) is 30.5. The second-order valence-corrected chi connectivity index (χ2v) is 6.02. The van der Waals surface area contributed by atoms with Gasteiger partial charge in [0.05, 0.1) is 6.10 Å². The maximum absolute atomic E-state index is 11.7. The first-order chi connectivity index (χ1) is 9.08. The van der Waals surface area contributed by atoms with Crippen molar-refractivity contribution in [1.29, 1.82) is 0 Å². The molecule has 0 aliphatic heterocycles. The van der Waals surface area contributed by atoms with Crippen molar-refractivity contribution in [3.8, 4) is 0 Å². The zero-order valence-electron chi connectivity index (χ0n) is 12.3. The lowest BCUT2D eigenvalue weighted by Crippen LogP contribution is -2.53. The summed E-state index contributed by atoms with van der Waals surface area (Å²) in [6, 6.07) is -0.424. The molecular weight excluding hydrogens is 266 g/mol. The van der Waals surface area contributed by atoms with E-state index in [1.54, 1.807) is 20.8 Å². The molecule has 4 atom stereocenters. The summed E-state index contributed by atoms with van der Waals surface area (Å²) in [6.07, 6.45) is -3.23. The number of esters is 1. The van der Waals surface area contributed by atoms with Gasteiger partial charge < -0.3 is 25.0 Å². The van der Waals surface area contributed by atoms with Gasteiger partial charge in [-0.15, -0.1) is 0 Å². The predicted molar refractivity (Wildman–Crippen MR) is 70.0 cm³/mol. The Morgan fingerprint density at radius 1 is 1.20 bits per heavy atom. The molecule has 0 unspecified atom stereocenters. The molecule has 0 heterocycles. The molecule has 1 saturated carbocycles. The molecule has 1 amide bonds. The first-order valence-electron chi connectivity index (χ1n) is 6.61. The molecule has 0 bridgehead atoms. The van der Waals surface area contributed by atoms with E-state index < -0.39 is 42.0 Å². The number of hydrogen-bond donors (Lipinski definition) is 3. The zero-order valence-corrected chi connectivity index (χ0v) is 12.3. The van der Waals surface area contributed by atoms with Gasteiger partial charge in [0.15, 0.2) is 0 Å². The molecule has 0 radical (unpaired) electrons. The lowest BCUT2D eigenvalue weighted by Gasteiger charge is -2.36. The van der Waals surface area contributed by atoms with Crippen LogP contribution in [0.4, 0.5) is 4.79 Å². The number of aliphatic hydroxyl groups excluding tert-OH is 2. The zero-order chi connectivity index (χ0) is 15.5. The topological polar surface area (TPSA) is 105 Å². The number of hydrogen-bond acceptors (Lipinski definition) is 6. The fourth-order valence-electron chi connectivity index (χ4n) is 2.12. The van der Waals surface area contributed by atoms with E-state index in [0.29, 0.717) is 0 Å². The van der Waals surface area contributed by atoms with E-state index in [9.17, 15) is 19.8 Å². The van der Waals surface area contributed by atoms with Crippen LogP contribution in [0.3, 0.4) is 0 Å². The Morgan fingerprint density at radius 2 is 1.80 bits per heavy atom. The van der Waals surface area contributed by atoms with E-state index in [1.165, 1.54) is 6.92 Å². The van der Waals surface area contributed by atoms with Gasteiger partial charge in [-0.2, -0.15) is 0 Å².